The van der Waals surface area contributed by atoms with Gasteiger partial charge in [-0.05, 0) is 18.2 Å². The average molecular weight is 425 g/mol. The van der Waals surface area contributed by atoms with Crippen molar-refractivity contribution in [2.24, 2.45) is 0 Å². The Balaban J connectivity index is 1.51. The first-order valence-corrected chi connectivity index (χ1v) is 10.7. The van der Waals surface area contributed by atoms with Crippen molar-refractivity contribution >= 4 is 5.65 Å². The number of hydrogen-bond acceptors (Lipinski definition) is 4. The normalized spacial score (nSPS) is 11.0. The van der Waals surface area contributed by atoms with Crippen molar-refractivity contribution in [3.8, 4) is 45.4 Å². The first-order chi connectivity index (χ1) is 16.3. The third kappa shape index (κ3) is 3.66. The molecular formula is C28H19N5. The molecule has 0 N–H and O–H groups in total. The Kier molecular flexibility index (Phi) is 4.70. The van der Waals surface area contributed by atoms with E-state index in [-0.39, 0.29) is 0 Å². The van der Waals surface area contributed by atoms with Crippen molar-refractivity contribution in [2.45, 2.75) is 0 Å². The van der Waals surface area contributed by atoms with Crippen molar-refractivity contribution in [3.63, 3.8) is 0 Å². The molecule has 0 unspecified atom stereocenters. The monoisotopic (exact) mass is 425 g/mol. The van der Waals surface area contributed by atoms with Gasteiger partial charge in [0.25, 0.3) is 0 Å². The molecule has 3 heterocycles. The van der Waals surface area contributed by atoms with Gasteiger partial charge in [0.1, 0.15) is 5.65 Å². The molecule has 3 aromatic carbocycles. The summed E-state index contributed by atoms with van der Waals surface area (Å²) in [6, 6.07) is 34.3. The zero-order chi connectivity index (χ0) is 22.0. The summed E-state index contributed by atoms with van der Waals surface area (Å²) in [7, 11) is 0. The van der Waals surface area contributed by atoms with Crippen LogP contribution < -0.4 is 0 Å². The molecule has 6 aromatic rings. The molecule has 0 amide bonds. The minimum absolute atomic E-state index is 0.637. The molecule has 6 rings (SSSR count). The van der Waals surface area contributed by atoms with E-state index in [1.165, 1.54) is 0 Å². The third-order valence-corrected chi connectivity index (χ3v) is 5.53. The van der Waals surface area contributed by atoms with Gasteiger partial charge in [-0.3, -0.25) is 4.40 Å². The maximum atomic E-state index is 4.84. The molecule has 33 heavy (non-hydrogen) atoms. The van der Waals surface area contributed by atoms with Crippen LogP contribution in [0.3, 0.4) is 0 Å². The summed E-state index contributed by atoms with van der Waals surface area (Å²) < 4.78 is 2.08. The fraction of sp³-hybridized carbons (Fsp3) is 0. The summed E-state index contributed by atoms with van der Waals surface area (Å²) in [4.78, 5) is 19.0. The van der Waals surface area contributed by atoms with Gasteiger partial charge in [-0.1, -0.05) is 84.9 Å². The minimum atomic E-state index is 0.637. The summed E-state index contributed by atoms with van der Waals surface area (Å²) in [6.07, 6.45) is 3.92. The number of rotatable bonds is 4. The second-order valence-electron chi connectivity index (χ2n) is 7.69. The predicted octanol–water partition coefficient (Wildman–Crippen LogP) is 6.19. The standard InChI is InChI=1S/C28H19N5/c1-3-10-20(11-4-1)26-30-27(21-12-5-2-6-13-21)32-28(31-26)23-15-9-14-22(18-23)24-19-29-25-16-7-8-17-33(24)25/h1-19H. The van der Waals surface area contributed by atoms with Gasteiger partial charge in [0, 0.05) is 28.5 Å². The molecule has 3 aromatic heterocycles. The van der Waals surface area contributed by atoms with Crippen LogP contribution in [0.25, 0.3) is 51.1 Å². The number of benzene rings is 3. The van der Waals surface area contributed by atoms with Gasteiger partial charge < -0.3 is 0 Å². The minimum Gasteiger partial charge on any atom is -0.300 e. The first kappa shape index (κ1) is 19.1. The molecule has 0 aliphatic heterocycles. The molecular weight excluding hydrogens is 406 g/mol. The number of nitrogens with zero attached hydrogens (tertiary/aromatic N) is 5. The van der Waals surface area contributed by atoms with E-state index in [0.29, 0.717) is 17.5 Å². The summed E-state index contributed by atoms with van der Waals surface area (Å²) in [5.74, 6) is 1.94. The van der Waals surface area contributed by atoms with Crippen molar-refractivity contribution in [2.75, 3.05) is 0 Å². The van der Waals surface area contributed by atoms with E-state index in [1.807, 2.05) is 103 Å². The van der Waals surface area contributed by atoms with E-state index in [0.717, 1.165) is 33.6 Å². The van der Waals surface area contributed by atoms with Crippen LogP contribution in [-0.4, -0.2) is 24.3 Å². The molecule has 0 aliphatic carbocycles. The Hall–Kier alpha value is -4.64. The lowest BCUT2D eigenvalue weighted by Gasteiger charge is -2.09. The average Bonchev–Trinajstić information content (AvgIpc) is 3.34. The molecule has 0 bridgehead atoms. The Morgan fingerprint density at radius 1 is 0.485 bits per heavy atom. The van der Waals surface area contributed by atoms with Crippen molar-refractivity contribution in [1.82, 2.24) is 24.3 Å². The lowest BCUT2D eigenvalue weighted by Crippen LogP contribution is -2.00. The zero-order valence-corrected chi connectivity index (χ0v) is 17.7. The van der Waals surface area contributed by atoms with Crippen LogP contribution >= 0.6 is 0 Å². The van der Waals surface area contributed by atoms with Crippen molar-refractivity contribution in [1.29, 1.82) is 0 Å². The van der Waals surface area contributed by atoms with E-state index >= 15 is 0 Å². The SMILES string of the molecule is c1ccc(-c2nc(-c3ccccc3)nc(-c3cccc(-c4cnc5ccccn45)c3)n2)cc1. The second kappa shape index (κ2) is 8.13. The molecule has 0 radical (unpaired) electrons. The molecule has 156 valence electrons. The molecule has 5 nitrogen and oxygen atoms in total. The smallest absolute Gasteiger partial charge is 0.164 e. The molecule has 0 saturated heterocycles. The van der Waals surface area contributed by atoms with Gasteiger partial charge in [0.2, 0.25) is 0 Å². The number of aromatic nitrogens is 5. The highest BCUT2D eigenvalue weighted by molar-refractivity contribution is 5.72. The molecule has 0 saturated carbocycles. The van der Waals surface area contributed by atoms with Gasteiger partial charge in [0.15, 0.2) is 17.5 Å². The maximum Gasteiger partial charge on any atom is 0.164 e. The molecule has 0 spiro atoms. The number of imidazole rings is 1. The number of pyridine rings is 1. The predicted molar refractivity (Wildman–Crippen MR) is 130 cm³/mol. The maximum absolute atomic E-state index is 4.84. The summed E-state index contributed by atoms with van der Waals surface area (Å²) >= 11 is 0. The quantitative estimate of drug-likeness (QED) is 0.338. The highest BCUT2D eigenvalue weighted by Crippen LogP contribution is 2.28. The van der Waals surface area contributed by atoms with E-state index in [1.54, 1.807) is 0 Å². The highest BCUT2D eigenvalue weighted by atomic mass is 15.0. The Bertz CT molecular complexity index is 1500. The topological polar surface area (TPSA) is 56.0 Å². The molecule has 0 fully saturated rings. The lowest BCUT2D eigenvalue weighted by atomic mass is 10.1. The van der Waals surface area contributed by atoms with Gasteiger partial charge >= 0.3 is 0 Å². The van der Waals surface area contributed by atoms with Crippen LogP contribution in [0.4, 0.5) is 0 Å². The van der Waals surface area contributed by atoms with Crippen LogP contribution in [0.2, 0.25) is 0 Å². The van der Waals surface area contributed by atoms with Gasteiger partial charge in [-0.25, -0.2) is 19.9 Å². The van der Waals surface area contributed by atoms with Gasteiger partial charge in [-0.15, -0.1) is 0 Å². The van der Waals surface area contributed by atoms with E-state index in [9.17, 15) is 0 Å². The van der Waals surface area contributed by atoms with Gasteiger partial charge in [0.05, 0.1) is 11.9 Å². The fourth-order valence-corrected chi connectivity index (χ4v) is 3.90. The molecule has 5 heteroatoms. The number of fused-ring (bicyclic) bond motifs is 1. The van der Waals surface area contributed by atoms with E-state index in [4.69, 9.17) is 15.0 Å². The third-order valence-electron chi connectivity index (χ3n) is 5.53. The summed E-state index contributed by atoms with van der Waals surface area (Å²) in [5.41, 5.74) is 5.82. The fourth-order valence-electron chi connectivity index (χ4n) is 3.90. The second-order valence-corrected chi connectivity index (χ2v) is 7.69. The van der Waals surface area contributed by atoms with E-state index in [2.05, 4.69) is 21.5 Å². The van der Waals surface area contributed by atoms with Crippen LogP contribution in [0, 0.1) is 0 Å². The summed E-state index contributed by atoms with van der Waals surface area (Å²) in [5, 5.41) is 0. The van der Waals surface area contributed by atoms with Crippen molar-refractivity contribution < 1.29 is 0 Å². The largest absolute Gasteiger partial charge is 0.300 e. The van der Waals surface area contributed by atoms with Crippen LogP contribution in [0.5, 0.6) is 0 Å². The zero-order valence-electron chi connectivity index (χ0n) is 17.7. The molecule has 0 atom stereocenters. The lowest BCUT2D eigenvalue weighted by molar-refractivity contribution is 1.07. The van der Waals surface area contributed by atoms with Crippen molar-refractivity contribution in [3.05, 3.63) is 116 Å². The Morgan fingerprint density at radius 3 is 1.70 bits per heavy atom. The van der Waals surface area contributed by atoms with Gasteiger partial charge in [-0.2, -0.15) is 0 Å². The van der Waals surface area contributed by atoms with Crippen LogP contribution in [0.1, 0.15) is 0 Å². The highest BCUT2D eigenvalue weighted by Gasteiger charge is 2.13. The van der Waals surface area contributed by atoms with Crippen LogP contribution in [-0.2, 0) is 0 Å². The Morgan fingerprint density at radius 2 is 1.03 bits per heavy atom. The number of hydrogen-bond donors (Lipinski definition) is 0. The van der Waals surface area contributed by atoms with E-state index < -0.39 is 0 Å². The molecule has 0 aliphatic rings. The Labute approximate surface area is 191 Å². The first-order valence-electron chi connectivity index (χ1n) is 10.7. The van der Waals surface area contributed by atoms with Crippen LogP contribution in [0.15, 0.2) is 116 Å². The summed E-state index contributed by atoms with van der Waals surface area (Å²) in [6.45, 7) is 0.